The molecule has 0 amide bonds. The number of fused-ring (bicyclic) bond motifs is 1. The summed E-state index contributed by atoms with van der Waals surface area (Å²) in [5.74, 6) is 0. The molecule has 2 aromatic carbocycles. The molecule has 0 atom stereocenters. The average Bonchev–Trinajstić information content (AvgIpc) is 3.08. The Labute approximate surface area is 157 Å². The van der Waals surface area contributed by atoms with Crippen LogP contribution in [0.2, 0.25) is 0 Å². The van der Waals surface area contributed by atoms with E-state index in [4.69, 9.17) is 0 Å². The Morgan fingerprint density at radius 3 is 2.78 bits per heavy atom. The summed E-state index contributed by atoms with van der Waals surface area (Å²) in [6.07, 6.45) is 3.43. The second-order valence-electron chi connectivity index (χ2n) is 6.51. The number of para-hydroxylation sites is 1. The van der Waals surface area contributed by atoms with Crippen molar-refractivity contribution in [2.45, 2.75) is 13.5 Å². The lowest BCUT2D eigenvalue weighted by Gasteiger charge is -2.07. The van der Waals surface area contributed by atoms with Crippen molar-refractivity contribution in [3.05, 3.63) is 95.3 Å². The molecule has 4 rings (SSSR count). The average molecular weight is 356 g/mol. The van der Waals surface area contributed by atoms with E-state index < -0.39 is 0 Å². The van der Waals surface area contributed by atoms with Gasteiger partial charge in [0.1, 0.15) is 11.0 Å². The fourth-order valence-corrected chi connectivity index (χ4v) is 3.17. The summed E-state index contributed by atoms with van der Waals surface area (Å²) in [6.45, 7) is 6.52. The highest BCUT2D eigenvalue weighted by Gasteiger charge is 2.15. The first kappa shape index (κ1) is 16.8. The van der Waals surface area contributed by atoms with Crippen LogP contribution in [0.25, 0.3) is 27.8 Å². The normalized spacial score (nSPS) is 10.9. The predicted molar refractivity (Wildman–Crippen MR) is 109 cm³/mol. The van der Waals surface area contributed by atoms with Gasteiger partial charge in [0.15, 0.2) is 0 Å². The third kappa shape index (κ3) is 3.27. The van der Waals surface area contributed by atoms with E-state index in [0.29, 0.717) is 17.6 Å². The van der Waals surface area contributed by atoms with Crippen LogP contribution in [0.1, 0.15) is 12.5 Å². The van der Waals surface area contributed by atoms with Crippen molar-refractivity contribution in [1.29, 1.82) is 0 Å². The summed E-state index contributed by atoms with van der Waals surface area (Å²) in [4.78, 5) is 19.7. The number of aromatic amines is 1. The van der Waals surface area contributed by atoms with Gasteiger partial charge in [0, 0.05) is 29.7 Å². The van der Waals surface area contributed by atoms with Gasteiger partial charge in [-0.25, -0.2) is 4.98 Å². The molecule has 134 valence electrons. The lowest BCUT2D eigenvalue weighted by atomic mass is 10.0. The van der Waals surface area contributed by atoms with Crippen LogP contribution in [-0.4, -0.2) is 14.5 Å². The Morgan fingerprint density at radius 1 is 1.19 bits per heavy atom. The number of rotatable bonds is 5. The third-order valence-electron chi connectivity index (χ3n) is 4.45. The Morgan fingerprint density at radius 2 is 2.00 bits per heavy atom. The fraction of sp³-hybridized carbons (Fsp3) is 0.0909. The van der Waals surface area contributed by atoms with Crippen LogP contribution in [0.5, 0.6) is 0 Å². The van der Waals surface area contributed by atoms with E-state index in [1.165, 1.54) is 6.33 Å². The first-order valence-electron chi connectivity index (χ1n) is 8.76. The van der Waals surface area contributed by atoms with Crippen molar-refractivity contribution in [3.63, 3.8) is 0 Å². The quantitative estimate of drug-likeness (QED) is 0.568. The SMILES string of the molecule is C=C(C)NCc1cccc(-c2cn(-c3ccccc3)c3c(=O)[nH]cnc23)c1. The van der Waals surface area contributed by atoms with Crippen molar-refractivity contribution >= 4 is 11.0 Å². The second kappa shape index (κ2) is 6.96. The molecule has 0 aliphatic heterocycles. The molecular formula is C22H20N4O. The molecule has 0 radical (unpaired) electrons. The molecule has 4 aromatic rings. The molecule has 2 aromatic heterocycles. The number of hydrogen-bond donors (Lipinski definition) is 2. The number of aromatic nitrogens is 3. The van der Waals surface area contributed by atoms with Crippen molar-refractivity contribution in [2.75, 3.05) is 0 Å². The number of hydrogen-bond acceptors (Lipinski definition) is 3. The fourth-order valence-electron chi connectivity index (χ4n) is 3.17. The molecule has 2 heterocycles. The molecule has 2 N–H and O–H groups in total. The van der Waals surface area contributed by atoms with Gasteiger partial charge in [0.2, 0.25) is 0 Å². The molecule has 0 aliphatic rings. The predicted octanol–water partition coefficient (Wildman–Crippen LogP) is 4.00. The standard InChI is InChI=1S/C22H20N4O/c1-15(2)23-12-16-7-6-8-17(11-16)19-13-26(18-9-4-3-5-10-18)21-20(19)24-14-25-22(21)27/h3-11,13-14,23H,1,12H2,2H3,(H,24,25,27). The van der Waals surface area contributed by atoms with Gasteiger partial charge in [0.05, 0.1) is 6.33 Å². The molecule has 0 aliphatic carbocycles. The van der Waals surface area contributed by atoms with Crippen LogP contribution in [0.15, 0.2) is 84.2 Å². The monoisotopic (exact) mass is 356 g/mol. The summed E-state index contributed by atoms with van der Waals surface area (Å²) in [6, 6.07) is 18.0. The van der Waals surface area contributed by atoms with E-state index >= 15 is 0 Å². The minimum atomic E-state index is -0.157. The van der Waals surface area contributed by atoms with Crippen molar-refractivity contribution < 1.29 is 0 Å². The van der Waals surface area contributed by atoms with Crippen LogP contribution in [-0.2, 0) is 6.54 Å². The Bertz CT molecular complexity index is 1170. The molecule has 0 unspecified atom stereocenters. The van der Waals surface area contributed by atoms with Crippen LogP contribution in [0.4, 0.5) is 0 Å². The molecular weight excluding hydrogens is 336 g/mol. The van der Waals surface area contributed by atoms with Gasteiger partial charge in [-0.1, -0.05) is 43.0 Å². The van der Waals surface area contributed by atoms with Crippen molar-refractivity contribution in [1.82, 2.24) is 19.9 Å². The molecule has 0 saturated heterocycles. The number of allylic oxidation sites excluding steroid dienone is 1. The van der Waals surface area contributed by atoms with Crippen molar-refractivity contribution in [3.8, 4) is 16.8 Å². The minimum absolute atomic E-state index is 0.157. The zero-order valence-electron chi connectivity index (χ0n) is 15.1. The number of benzene rings is 2. The lowest BCUT2D eigenvalue weighted by molar-refractivity contribution is 0.816. The van der Waals surface area contributed by atoms with Crippen molar-refractivity contribution in [2.24, 2.45) is 0 Å². The van der Waals surface area contributed by atoms with Crippen LogP contribution >= 0.6 is 0 Å². The van der Waals surface area contributed by atoms with E-state index in [0.717, 1.165) is 28.1 Å². The molecule has 0 bridgehead atoms. The van der Waals surface area contributed by atoms with E-state index in [9.17, 15) is 4.79 Å². The summed E-state index contributed by atoms with van der Waals surface area (Å²) in [5, 5.41) is 3.25. The van der Waals surface area contributed by atoms with E-state index in [-0.39, 0.29) is 5.56 Å². The van der Waals surface area contributed by atoms with E-state index in [1.54, 1.807) is 0 Å². The molecule has 0 spiro atoms. The van der Waals surface area contributed by atoms with Gasteiger partial charge in [-0.05, 0) is 36.2 Å². The topological polar surface area (TPSA) is 62.7 Å². The molecule has 0 fully saturated rings. The van der Waals surface area contributed by atoms with Gasteiger partial charge in [-0.2, -0.15) is 0 Å². The molecule has 5 heteroatoms. The Kier molecular flexibility index (Phi) is 4.34. The number of nitrogens with zero attached hydrogens (tertiary/aromatic N) is 2. The zero-order valence-corrected chi connectivity index (χ0v) is 15.1. The maximum Gasteiger partial charge on any atom is 0.275 e. The Hall–Kier alpha value is -3.60. The molecule has 5 nitrogen and oxygen atoms in total. The number of H-pyrrole nitrogens is 1. The summed E-state index contributed by atoms with van der Waals surface area (Å²) < 4.78 is 1.90. The third-order valence-corrected chi connectivity index (χ3v) is 4.45. The zero-order chi connectivity index (χ0) is 18.8. The first-order chi connectivity index (χ1) is 13.1. The number of nitrogens with one attached hydrogen (secondary N) is 2. The first-order valence-corrected chi connectivity index (χ1v) is 8.76. The highest BCUT2D eigenvalue weighted by atomic mass is 16.1. The van der Waals surface area contributed by atoms with Crippen LogP contribution < -0.4 is 10.9 Å². The highest BCUT2D eigenvalue weighted by molar-refractivity contribution is 5.93. The maximum atomic E-state index is 12.5. The summed E-state index contributed by atoms with van der Waals surface area (Å²) in [7, 11) is 0. The van der Waals surface area contributed by atoms with Gasteiger partial charge in [-0.15, -0.1) is 0 Å². The highest BCUT2D eigenvalue weighted by Crippen LogP contribution is 2.30. The van der Waals surface area contributed by atoms with E-state index in [1.807, 2.05) is 60.2 Å². The lowest BCUT2D eigenvalue weighted by Crippen LogP contribution is -2.10. The summed E-state index contributed by atoms with van der Waals surface area (Å²) >= 11 is 0. The summed E-state index contributed by atoms with van der Waals surface area (Å²) in [5.41, 5.74) is 6.01. The van der Waals surface area contributed by atoms with Gasteiger partial charge in [0.25, 0.3) is 5.56 Å². The van der Waals surface area contributed by atoms with E-state index in [2.05, 4.69) is 34.0 Å². The maximum absolute atomic E-state index is 12.5. The van der Waals surface area contributed by atoms with Gasteiger partial charge < -0.3 is 14.9 Å². The smallest absolute Gasteiger partial charge is 0.275 e. The van der Waals surface area contributed by atoms with Gasteiger partial charge >= 0.3 is 0 Å². The second-order valence-corrected chi connectivity index (χ2v) is 6.51. The van der Waals surface area contributed by atoms with Crippen LogP contribution in [0.3, 0.4) is 0 Å². The van der Waals surface area contributed by atoms with Gasteiger partial charge in [-0.3, -0.25) is 4.79 Å². The van der Waals surface area contributed by atoms with Crippen LogP contribution in [0, 0.1) is 0 Å². The Balaban J connectivity index is 1.89. The largest absolute Gasteiger partial charge is 0.385 e. The molecule has 0 saturated carbocycles. The molecule has 27 heavy (non-hydrogen) atoms. The minimum Gasteiger partial charge on any atom is -0.385 e.